The van der Waals surface area contributed by atoms with Crippen molar-refractivity contribution in [1.82, 2.24) is 29.4 Å². The van der Waals surface area contributed by atoms with Crippen molar-refractivity contribution in [2.45, 2.75) is 17.7 Å². The van der Waals surface area contributed by atoms with Crippen LogP contribution in [0.5, 0.6) is 5.75 Å². The van der Waals surface area contributed by atoms with Crippen LogP contribution in [0.3, 0.4) is 0 Å². The third-order valence-electron chi connectivity index (χ3n) is 5.74. The molecule has 1 amide bonds. The minimum absolute atomic E-state index is 0.0497. The summed E-state index contributed by atoms with van der Waals surface area (Å²) in [6.07, 6.45) is 1.65. The molecule has 1 N–H and O–H groups in total. The Bertz CT molecular complexity index is 1430. The molecule has 0 fully saturated rings. The van der Waals surface area contributed by atoms with Gasteiger partial charge in [-0.2, -0.15) is 0 Å². The van der Waals surface area contributed by atoms with Crippen molar-refractivity contribution in [3.05, 3.63) is 77.1 Å². The zero-order valence-electron chi connectivity index (χ0n) is 20.0. The molecule has 4 aromatic rings. The molecule has 4 rings (SSSR count). The number of hydrogen-bond acceptors (Lipinski definition) is 7. The van der Waals surface area contributed by atoms with Gasteiger partial charge in [0.2, 0.25) is 11.7 Å². The highest BCUT2D eigenvalue weighted by atomic mass is 32.2. The summed E-state index contributed by atoms with van der Waals surface area (Å²) in [6, 6.07) is 15.1. The maximum Gasteiger partial charge on any atom is 0.263 e. The number of methoxy groups -OCH3 is 1. The van der Waals surface area contributed by atoms with Crippen LogP contribution in [0.2, 0.25) is 0 Å². The predicted molar refractivity (Wildman–Crippen MR) is 138 cm³/mol. The third kappa shape index (κ3) is 4.94. The summed E-state index contributed by atoms with van der Waals surface area (Å²) in [5.74, 6) is 1.22. The van der Waals surface area contributed by atoms with E-state index in [2.05, 4.69) is 22.1 Å². The molecule has 2 aromatic carbocycles. The Kier molecular flexibility index (Phi) is 7.52. The van der Waals surface area contributed by atoms with E-state index >= 15 is 0 Å². The van der Waals surface area contributed by atoms with Crippen LogP contribution in [0.1, 0.15) is 11.6 Å². The Hall–Kier alpha value is -3.63. The zero-order chi connectivity index (χ0) is 24.9. The van der Waals surface area contributed by atoms with E-state index in [9.17, 15) is 9.59 Å². The van der Waals surface area contributed by atoms with Crippen molar-refractivity contribution in [3.8, 4) is 5.75 Å². The first-order valence-electron chi connectivity index (χ1n) is 11.1. The van der Waals surface area contributed by atoms with Crippen molar-refractivity contribution < 1.29 is 9.53 Å². The molecule has 2 aromatic heterocycles. The molecule has 35 heavy (non-hydrogen) atoms. The van der Waals surface area contributed by atoms with E-state index in [1.54, 1.807) is 19.3 Å². The Morgan fingerprint density at radius 1 is 1.20 bits per heavy atom. The van der Waals surface area contributed by atoms with Gasteiger partial charge in [-0.25, -0.2) is 0 Å². The summed E-state index contributed by atoms with van der Waals surface area (Å²) in [7, 11) is 5.57. The number of nitrogens with zero attached hydrogens (tertiary/aromatic N) is 5. The summed E-state index contributed by atoms with van der Waals surface area (Å²) in [4.78, 5) is 27.7. The monoisotopic (exact) mass is 492 g/mol. The largest absolute Gasteiger partial charge is 0.496 e. The van der Waals surface area contributed by atoms with Gasteiger partial charge in [0.25, 0.3) is 5.56 Å². The number of aromatic nitrogens is 4. The van der Waals surface area contributed by atoms with Crippen LogP contribution in [-0.4, -0.2) is 63.5 Å². The second kappa shape index (κ2) is 10.7. The average Bonchev–Trinajstić information content (AvgIpc) is 3.29. The number of para-hydroxylation sites is 2. The topological polar surface area (TPSA) is 93.8 Å². The molecule has 2 heterocycles. The number of fused-ring (bicyclic) bond motifs is 3. The predicted octanol–water partition coefficient (Wildman–Crippen LogP) is 2.75. The fraction of sp³-hybridized carbons (Fsp3) is 0.280. The van der Waals surface area contributed by atoms with Crippen LogP contribution in [0.15, 0.2) is 71.1 Å². The van der Waals surface area contributed by atoms with Crippen LogP contribution in [0.4, 0.5) is 0 Å². The normalized spacial score (nSPS) is 12.2. The zero-order valence-corrected chi connectivity index (χ0v) is 20.8. The number of rotatable bonds is 10. The van der Waals surface area contributed by atoms with E-state index < -0.39 is 0 Å². The van der Waals surface area contributed by atoms with Gasteiger partial charge in [-0.1, -0.05) is 48.2 Å². The molecular formula is C25H28N6O3S. The number of carbonyl (C=O) groups excluding carboxylic acids is 1. The van der Waals surface area contributed by atoms with E-state index in [1.807, 2.05) is 65.9 Å². The van der Waals surface area contributed by atoms with E-state index in [0.29, 0.717) is 34.9 Å². The number of hydrogen-bond donors (Lipinski definition) is 1. The molecule has 0 saturated carbocycles. The van der Waals surface area contributed by atoms with Gasteiger partial charge in [0, 0.05) is 18.7 Å². The van der Waals surface area contributed by atoms with Crippen LogP contribution in [-0.2, 0) is 11.3 Å². The van der Waals surface area contributed by atoms with Gasteiger partial charge in [-0.05, 0) is 32.3 Å². The third-order valence-corrected chi connectivity index (χ3v) is 6.67. The molecule has 0 aliphatic rings. The molecular weight excluding hydrogens is 464 g/mol. The number of allylic oxidation sites excluding steroid dienone is 1. The SMILES string of the molecule is C=CCn1c(=O)c2ccccc2n2c(SCC(=O)NCC(c3ccccc3OC)N(C)C)nnc12. The summed E-state index contributed by atoms with van der Waals surface area (Å²) in [5.41, 5.74) is 1.55. The van der Waals surface area contributed by atoms with Crippen molar-refractivity contribution in [1.29, 1.82) is 0 Å². The molecule has 0 spiro atoms. The molecule has 10 heteroatoms. The lowest BCUT2D eigenvalue weighted by Crippen LogP contribution is -2.35. The van der Waals surface area contributed by atoms with Crippen molar-refractivity contribution in [2.24, 2.45) is 0 Å². The van der Waals surface area contributed by atoms with Crippen LogP contribution >= 0.6 is 11.8 Å². The summed E-state index contributed by atoms with van der Waals surface area (Å²) >= 11 is 1.27. The molecule has 0 bridgehead atoms. The van der Waals surface area contributed by atoms with Crippen molar-refractivity contribution in [3.63, 3.8) is 0 Å². The minimum Gasteiger partial charge on any atom is -0.496 e. The Morgan fingerprint density at radius 3 is 2.69 bits per heavy atom. The van der Waals surface area contributed by atoms with Crippen LogP contribution < -0.4 is 15.6 Å². The molecule has 1 atom stereocenters. The van der Waals surface area contributed by atoms with Crippen molar-refractivity contribution in [2.75, 3.05) is 33.5 Å². The first-order valence-corrected chi connectivity index (χ1v) is 12.1. The van der Waals surface area contributed by atoms with Gasteiger partial charge < -0.3 is 15.0 Å². The quantitative estimate of drug-likeness (QED) is 0.269. The van der Waals surface area contributed by atoms with E-state index in [4.69, 9.17) is 4.74 Å². The molecule has 0 aliphatic heterocycles. The minimum atomic E-state index is -0.152. The number of benzene rings is 2. The standard InChI is InChI=1S/C25H28N6O3S/c1-5-14-30-23(33)18-11-6-8-12-19(18)31-24(30)27-28-25(31)35-16-22(32)26-15-20(29(2)3)17-10-7-9-13-21(17)34-4/h5-13,20H,1,14-16H2,2-4H3,(H,26,32). The number of carbonyl (C=O) groups is 1. The van der Waals surface area contributed by atoms with E-state index in [-0.39, 0.29) is 23.3 Å². The Balaban J connectivity index is 1.53. The van der Waals surface area contributed by atoms with E-state index in [0.717, 1.165) is 11.3 Å². The summed E-state index contributed by atoms with van der Waals surface area (Å²) < 4.78 is 8.84. The first-order chi connectivity index (χ1) is 17.0. The van der Waals surface area contributed by atoms with Gasteiger partial charge in [0.1, 0.15) is 5.75 Å². The lowest BCUT2D eigenvalue weighted by atomic mass is 10.0. The molecule has 182 valence electrons. The van der Waals surface area contributed by atoms with Gasteiger partial charge in [0.05, 0.1) is 29.8 Å². The highest BCUT2D eigenvalue weighted by Crippen LogP contribution is 2.27. The lowest BCUT2D eigenvalue weighted by Gasteiger charge is -2.26. The molecule has 0 radical (unpaired) electrons. The number of nitrogens with one attached hydrogen (secondary N) is 1. The second-order valence-electron chi connectivity index (χ2n) is 8.15. The number of amides is 1. The maximum absolute atomic E-state index is 12.9. The van der Waals surface area contributed by atoms with Gasteiger partial charge in [-0.3, -0.25) is 18.6 Å². The Morgan fingerprint density at radius 2 is 1.94 bits per heavy atom. The first kappa shape index (κ1) is 24.5. The molecule has 0 aliphatic carbocycles. The molecule has 9 nitrogen and oxygen atoms in total. The smallest absolute Gasteiger partial charge is 0.263 e. The Labute approximate surface area is 207 Å². The van der Waals surface area contributed by atoms with E-state index in [1.165, 1.54) is 16.3 Å². The van der Waals surface area contributed by atoms with Crippen molar-refractivity contribution >= 4 is 34.3 Å². The van der Waals surface area contributed by atoms with Crippen LogP contribution in [0, 0.1) is 0 Å². The highest BCUT2D eigenvalue weighted by Gasteiger charge is 2.20. The number of ether oxygens (including phenoxy) is 1. The molecule has 1 unspecified atom stereocenters. The van der Waals surface area contributed by atoms with Gasteiger partial charge in [-0.15, -0.1) is 16.8 Å². The second-order valence-corrected chi connectivity index (χ2v) is 9.10. The fourth-order valence-corrected chi connectivity index (χ4v) is 4.79. The number of thioether (sulfide) groups is 1. The van der Waals surface area contributed by atoms with Crippen LogP contribution in [0.25, 0.3) is 16.7 Å². The summed E-state index contributed by atoms with van der Waals surface area (Å²) in [6.45, 7) is 4.48. The van der Waals surface area contributed by atoms with Gasteiger partial charge in [0.15, 0.2) is 5.16 Å². The van der Waals surface area contributed by atoms with Gasteiger partial charge >= 0.3 is 0 Å². The maximum atomic E-state index is 12.9. The number of likely N-dealkylation sites (N-methyl/N-ethyl adjacent to an activating group) is 1. The highest BCUT2D eigenvalue weighted by molar-refractivity contribution is 7.99. The average molecular weight is 493 g/mol. The lowest BCUT2D eigenvalue weighted by molar-refractivity contribution is -0.118. The summed E-state index contributed by atoms with van der Waals surface area (Å²) in [5, 5.41) is 12.6. The fourth-order valence-electron chi connectivity index (χ4n) is 4.02. The molecule has 0 saturated heterocycles.